The topological polar surface area (TPSA) is 77.2 Å². The average Bonchev–Trinajstić information content (AvgIpc) is 2.94. The van der Waals surface area contributed by atoms with Crippen LogP contribution in [0, 0.1) is 6.92 Å². The van der Waals surface area contributed by atoms with E-state index in [1.54, 1.807) is 12.5 Å². The van der Waals surface area contributed by atoms with Crippen LogP contribution in [0.25, 0.3) is 0 Å². The van der Waals surface area contributed by atoms with Crippen molar-refractivity contribution in [2.75, 3.05) is 13.7 Å². The van der Waals surface area contributed by atoms with E-state index in [1.165, 1.54) is 11.3 Å². The van der Waals surface area contributed by atoms with Gasteiger partial charge < -0.3 is 15.8 Å². The molecule has 0 bridgehead atoms. The first-order valence-electron chi connectivity index (χ1n) is 6.70. The van der Waals surface area contributed by atoms with E-state index in [9.17, 15) is 4.79 Å². The van der Waals surface area contributed by atoms with Gasteiger partial charge in [0.2, 0.25) is 0 Å². The van der Waals surface area contributed by atoms with Crippen LogP contribution in [0.1, 0.15) is 26.6 Å². The van der Waals surface area contributed by atoms with Crippen LogP contribution in [-0.2, 0) is 13.0 Å². The number of hydrogen-bond donors (Lipinski definition) is 2. The molecule has 0 aliphatic carbocycles. The fraction of sp³-hybridized carbons (Fsp3) is 0.333. The molecule has 1 heterocycles. The summed E-state index contributed by atoms with van der Waals surface area (Å²) in [6.45, 7) is 2.94. The number of hydrogen-bond acceptors (Lipinski definition) is 5. The van der Waals surface area contributed by atoms with Gasteiger partial charge in [-0.25, -0.2) is 4.98 Å². The van der Waals surface area contributed by atoms with Crippen molar-refractivity contribution in [3.05, 3.63) is 45.4 Å². The maximum Gasteiger partial charge on any atom is 0.271 e. The number of methoxy groups -OCH3 is 1. The van der Waals surface area contributed by atoms with Gasteiger partial charge in [0, 0.05) is 23.9 Å². The third kappa shape index (κ3) is 4.69. The summed E-state index contributed by atoms with van der Waals surface area (Å²) < 4.78 is 5.32. The highest BCUT2D eigenvalue weighted by molar-refractivity contribution is 7.09. The number of nitrogens with zero attached hydrogens (tertiary/aromatic N) is 1. The summed E-state index contributed by atoms with van der Waals surface area (Å²) in [6, 6.07) is 5.89. The first-order chi connectivity index (χ1) is 10.1. The predicted molar refractivity (Wildman–Crippen MR) is 91.0 cm³/mol. The quantitative estimate of drug-likeness (QED) is 0.845. The molecule has 0 aliphatic rings. The molecule has 22 heavy (non-hydrogen) atoms. The minimum atomic E-state index is -0.183. The molecule has 5 nitrogen and oxygen atoms in total. The Bertz CT molecular complexity index is 631. The molecule has 2 rings (SSSR count). The molecule has 0 radical (unpaired) electrons. The van der Waals surface area contributed by atoms with Crippen LogP contribution in [0.4, 0.5) is 0 Å². The Balaban J connectivity index is 0.00000242. The molecule has 0 fully saturated rings. The van der Waals surface area contributed by atoms with E-state index >= 15 is 0 Å². The molecule has 0 spiro atoms. The highest BCUT2D eigenvalue weighted by atomic mass is 35.5. The maximum atomic E-state index is 12.1. The Kier molecular flexibility index (Phi) is 7.31. The molecule has 1 amide bonds. The Morgan fingerprint density at radius 2 is 2.23 bits per heavy atom. The van der Waals surface area contributed by atoms with Crippen molar-refractivity contribution in [2.24, 2.45) is 5.73 Å². The lowest BCUT2D eigenvalue weighted by molar-refractivity contribution is 0.0946. The van der Waals surface area contributed by atoms with Crippen LogP contribution >= 0.6 is 23.7 Å². The number of halogens is 1. The summed E-state index contributed by atoms with van der Waals surface area (Å²) in [5.41, 5.74) is 7.97. The van der Waals surface area contributed by atoms with Crippen LogP contribution in [0.15, 0.2) is 23.6 Å². The van der Waals surface area contributed by atoms with Gasteiger partial charge in [-0.05, 0) is 25.1 Å². The largest absolute Gasteiger partial charge is 0.496 e. The molecule has 0 aliphatic heterocycles. The van der Waals surface area contributed by atoms with Gasteiger partial charge in [0.25, 0.3) is 5.91 Å². The summed E-state index contributed by atoms with van der Waals surface area (Å²) in [5.74, 6) is 0.592. The number of carbonyl (C=O) groups is 1. The standard InChI is InChI=1S/C15H19N3O2S.ClH/c1-10-3-4-11(13(7-10)20-2)8-17-15(19)12-9-21-14(18-12)5-6-16;/h3-4,7,9H,5-6,8,16H2,1-2H3,(H,17,19);1H. The molecular formula is C15H20ClN3O2S. The Labute approximate surface area is 140 Å². The van der Waals surface area contributed by atoms with Crippen molar-refractivity contribution in [2.45, 2.75) is 19.9 Å². The Morgan fingerprint density at radius 3 is 2.91 bits per heavy atom. The number of benzene rings is 1. The van der Waals surface area contributed by atoms with Crippen molar-refractivity contribution in [3.8, 4) is 5.75 Å². The fourth-order valence-electron chi connectivity index (χ4n) is 1.92. The molecule has 0 unspecified atom stereocenters. The Hall–Kier alpha value is -1.63. The molecule has 7 heteroatoms. The van der Waals surface area contributed by atoms with Crippen LogP contribution in [0.2, 0.25) is 0 Å². The lowest BCUT2D eigenvalue weighted by Gasteiger charge is -2.10. The summed E-state index contributed by atoms with van der Waals surface area (Å²) in [5, 5.41) is 5.50. The number of nitrogens with two attached hydrogens (primary N) is 1. The molecule has 2 aromatic rings. The van der Waals surface area contributed by atoms with Gasteiger partial charge in [-0.15, -0.1) is 23.7 Å². The summed E-state index contributed by atoms with van der Waals surface area (Å²) >= 11 is 1.46. The number of ether oxygens (including phenoxy) is 1. The van der Waals surface area contributed by atoms with Gasteiger partial charge in [0.1, 0.15) is 11.4 Å². The molecule has 3 N–H and O–H groups in total. The first kappa shape index (κ1) is 18.4. The summed E-state index contributed by atoms with van der Waals surface area (Å²) in [6.07, 6.45) is 0.698. The second-order valence-electron chi connectivity index (χ2n) is 4.66. The Morgan fingerprint density at radius 1 is 1.45 bits per heavy atom. The van der Waals surface area contributed by atoms with E-state index in [2.05, 4.69) is 10.3 Å². The molecular weight excluding hydrogens is 322 g/mol. The SMILES string of the molecule is COc1cc(C)ccc1CNC(=O)c1csc(CCN)n1.Cl. The van der Waals surface area contributed by atoms with E-state index in [0.717, 1.165) is 21.9 Å². The maximum absolute atomic E-state index is 12.1. The van der Waals surface area contributed by atoms with Crippen LogP contribution in [-0.4, -0.2) is 24.5 Å². The molecule has 120 valence electrons. The predicted octanol–water partition coefficient (Wildman–Crippen LogP) is 2.31. The third-order valence-electron chi connectivity index (χ3n) is 3.02. The lowest BCUT2D eigenvalue weighted by Crippen LogP contribution is -2.23. The molecule has 0 saturated carbocycles. The molecule has 1 aromatic carbocycles. The number of aryl methyl sites for hydroxylation is 1. The fourth-order valence-corrected chi connectivity index (χ4v) is 2.71. The van der Waals surface area contributed by atoms with Gasteiger partial charge in [0.15, 0.2) is 0 Å². The van der Waals surface area contributed by atoms with E-state index in [-0.39, 0.29) is 18.3 Å². The van der Waals surface area contributed by atoms with Gasteiger partial charge >= 0.3 is 0 Å². The van der Waals surface area contributed by atoms with Gasteiger partial charge in [0.05, 0.1) is 12.1 Å². The highest BCUT2D eigenvalue weighted by Gasteiger charge is 2.11. The first-order valence-corrected chi connectivity index (χ1v) is 7.58. The summed E-state index contributed by atoms with van der Waals surface area (Å²) in [7, 11) is 1.62. The van der Waals surface area contributed by atoms with Crippen molar-refractivity contribution < 1.29 is 9.53 Å². The van der Waals surface area contributed by atoms with Gasteiger partial charge in [-0.2, -0.15) is 0 Å². The smallest absolute Gasteiger partial charge is 0.271 e. The lowest BCUT2D eigenvalue weighted by atomic mass is 10.1. The van der Waals surface area contributed by atoms with Crippen molar-refractivity contribution >= 4 is 29.7 Å². The number of thiazole rings is 1. The zero-order valence-electron chi connectivity index (χ0n) is 12.6. The van der Waals surface area contributed by atoms with E-state index in [0.29, 0.717) is 25.2 Å². The minimum Gasteiger partial charge on any atom is -0.496 e. The number of amides is 1. The number of nitrogens with one attached hydrogen (secondary N) is 1. The average molecular weight is 342 g/mol. The van der Waals surface area contributed by atoms with E-state index in [4.69, 9.17) is 10.5 Å². The second-order valence-corrected chi connectivity index (χ2v) is 5.61. The van der Waals surface area contributed by atoms with Gasteiger partial charge in [-0.1, -0.05) is 12.1 Å². The number of carbonyl (C=O) groups excluding carboxylic acids is 1. The number of rotatable bonds is 6. The third-order valence-corrected chi connectivity index (χ3v) is 3.93. The molecule has 0 saturated heterocycles. The van der Waals surface area contributed by atoms with Crippen molar-refractivity contribution in [1.29, 1.82) is 0 Å². The zero-order chi connectivity index (χ0) is 15.2. The van der Waals surface area contributed by atoms with E-state index < -0.39 is 0 Å². The summed E-state index contributed by atoms with van der Waals surface area (Å²) in [4.78, 5) is 16.3. The molecule has 0 atom stereocenters. The normalized spacial score (nSPS) is 9.95. The van der Waals surface area contributed by atoms with Crippen molar-refractivity contribution in [3.63, 3.8) is 0 Å². The highest BCUT2D eigenvalue weighted by Crippen LogP contribution is 2.19. The zero-order valence-corrected chi connectivity index (χ0v) is 14.2. The van der Waals surface area contributed by atoms with Crippen LogP contribution in [0.3, 0.4) is 0 Å². The van der Waals surface area contributed by atoms with E-state index in [1.807, 2.05) is 25.1 Å². The van der Waals surface area contributed by atoms with Crippen LogP contribution in [0.5, 0.6) is 5.75 Å². The number of aromatic nitrogens is 1. The monoisotopic (exact) mass is 341 g/mol. The molecule has 1 aromatic heterocycles. The minimum absolute atomic E-state index is 0. The second kappa shape index (κ2) is 8.73. The van der Waals surface area contributed by atoms with Crippen molar-refractivity contribution in [1.82, 2.24) is 10.3 Å². The van der Waals surface area contributed by atoms with Crippen LogP contribution < -0.4 is 15.8 Å². The van der Waals surface area contributed by atoms with Gasteiger partial charge in [-0.3, -0.25) is 4.79 Å².